The van der Waals surface area contributed by atoms with E-state index in [-0.39, 0.29) is 5.75 Å². The summed E-state index contributed by atoms with van der Waals surface area (Å²) in [6.45, 7) is 0. The molecule has 1 heterocycles. The van der Waals surface area contributed by atoms with Crippen molar-refractivity contribution in [3.8, 4) is 5.75 Å². The van der Waals surface area contributed by atoms with E-state index in [1.807, 2.05) is 66.7 Å². The van der Waals surface area contributed by atoms with Gasteiger partial charge in [0.05, 0.1) is 16.7 Å². The molecular weight excluding hydrogens is 312 g/mol. The zero-order chi connectivity index (χ0) is 17.1. The van der Waals surface area contributed by atoms with Crippen LogP contribution in [-0.4, -0.2) is 20.8 Å². The minimum absolute atomic E-state index is 0.224. The molecule has 0 aliphatic rings. The Morgan fingerprint density at radius 1 is 0.840 bits per heavy atom. The van der Waals surface area contributed by atoms with E-state index in [0.717, 1.165) is 27.9 Å². The summed E-state index contributed by atoms with van der Waals surface area (Å²) in [5.74, 6) is 0.801. The molecule has 4 rings (SSSR count). The van der Waals surface area contributed by atoms with Gasteiger partial charge in [-0.2, -0.15) is 5.10 Å². The van der Waals surface area contributed by atoms with Crippen molar-refractivity contribution in [2.45, 2.75) is 0 Å². The van der Waals surface area contributed by atoms with Gasteiger partial charge in [0.1, 0.15) is 5.75 Å². The van der Waals surface area contributed by atoms with Crippen molar-refractivity contribution in [3.63, 3.8) is 0 Å². The summed E-state index contributed by atoms with van der Waals surface area (Å²) in [6.07, 6.45) is 0. The average molecular weight is 328 g/mol. The van der Waals surface area contributed by atoms with Gasteiger partial charge < -0.3 is 10.1 Å². The number of H-pyrrole nitrogens is 1. The third-order valence-corrected chi connectivity index (χ3v) is 3.85. The zero-order valence-corrected chi connectivity index (χ0v) is 13.3. The molecule has 0 spiro atoms. The summed E-state index contributed by atoms with van der Waals surface area (Å²) in [6, 6.07) is 24.7. The van der Waals surface area contributed by atoms with Gasteiger partial charge in [-0.1, -0.05) is 42.5 Å². The lowest BCUT2D eigenvalue weighted by molar-refractivity contribution is 0.475. The normalized spacial score (nSPS) is 11.6. The SMILES string of the molecule is Oc1ccc(C(=NNc2nc3ccccc3[nH]2)c2ccccc2)cc1. The van der Waals surface area contributed by atoms with E-state index in [1.165, 1.54) is 0 Å². The van der Waals surface area contributed by atoms with Gasteiger partial charge in [0.2, 0.25) is 5.95 Å². The van der Waals surface area contributed by atoms with E-state index in [2.05, 4.69) is 20.5 Å². The Morgan fingerprint density at radius 3 is 2.28 bits per heavy atom. The summed E-state index contributed by atoms with van der Waals surface area (Å²) >= 11 is 0. The Morgan fingerprint density at radius 2 is 1.52 bits per heavy atom. The first-order chi connectivity index (χ1) is 12.3. The average Bonchev–Trinajstić information content (AvgIpc) is 3.07. The first-order valence-corrected chi connectivity index (χ1v) is 7.93. The molecule has 0 atom stereocenters. The maximum atomic E-state index is 9.53. The van der Waals surface area contributed by atoms with Crippen LogP contribution in [0.1, 0.15) is 11.1 Å². The topological polar surface area (TPSA) is 73.3 Å². The van der Waals surface area contributed by atoms with E-state index < -0.39 is 0 Å². The van der Waals surface area contributed by atoms with E-state index in [9.17, 15) is 5.11 Å². The molecule has 5 heteroatoms. The van der Waals surface area contributed by atoms with Crippen molar-refractivity contribution >= 4 is 22.7 Å². The number of phenolic OH excluding ortho intramolecular Hbond substituents is 1. The van der Waals surface area contributed by atoms with Crippen LogP contribution in [0.3, 0.4) is 0 Å². The number of hydrogen-bond donors (Lipinski definition) is 3. The van der Waals surface area contributed by atoms with Crippen molar-refractivity contribution < 1.29 is 5.11 Å². The maximum absolute atomic E-state index is 9.53. The van der Waals surface area contributed by atoms with Crippen LogP contribution in [-0.2, 0) is 0 Å². The Labute approximate surface area is 144 Å². The molecule has 0 aliphatic carbocycles. The molecule has 0 saturated carbocycles. The van der Waals surface area contributed by atoms with Crippen molar-refractivity contribution in [1.29, 1.82) is 0 Å². The van der Waals surface area contributed by atoms with Crippen LogP contribution < -0.4 is 5.43 Å². The van der Waals surface area contributed by atoms with Gasteiger partial charge in [0, 0.05) is 11.1 Å². The van der Waals surface area contributed by atoms with Gasteiger partial charge in [-0.3, -0.25) is 0 Å². The highest BCUT2D eigenvalue weighted by Gasteiger charge is 2.08. The molecule has 0 saturated heterocycles. The number of hydrazone groups is 1. The molecule has 0 unspecified atom stereocenters. The largest absolute Gasteiger partial charge is 0.508 e. The minimum Gasteiger partial charge on any atom is -0.508 e. The molecule has 0 aliphatic heterocycles. The first kappa shape index (κ1) is 15.0. The summed E-state index contributed by atoms with van der Waals surface area (Å²) < 4.78 is 0. The number of imidazole rings is 1. The molecule has 3 N–H and O–H groups in total. The Kier molecular flexibility index (Phi) is 3.88. The number of aromatic amines is 1. The van der Waals surface area contributed by atoms with Crippen molar-refractivity contribution in [1.82, 2.24) is 9.97 Å². The molecule has 5 nitrogen and oxygen atoms in total. The highest BCUT2D eigenvalue weighted by Crippen LogP contribution is 2.17. The number of anilines is 1. The number of benzene rings is 3. The summed E-state index contributed by atoms with van der Waals surface area (Å²) in [4.78, 5) is 7.67. The van der Waals surface area contributed by atoms with E-state index in [4.69, 9.17) is 0 Å². The van der Waals surface area contributed by atoms with Crippen molar-refractivity contribution in [2.24, 2.45) is 5.10 Å². The minimum atomic E-state index is 0.224. The first-order valence-electron chi connectivity index (χ1n) is 7.93. The van der Waals surface area contributed by atoms with Crippen LogP contribution in [0.5, 0.6) is 5.75 Å². The number of rotatable bonds is 4. The standard InChI is InChI=1S/C20H16N4O/c25-16-12-10-15(11-13-16)19(14-6-2-1-3-7-14)23-24-20-21-17-8-4-5-9-18(17)22-20/h1-13,25H,(H2,21,22,24). The lowest BCUT2D eigenvalue weighted by Gasteiger charge is -2.07. The number of phenols is 1. The van der Waals surface area contributed by atoms with E-state index in [1.54, 1.807) is 12.1 Å². The third-order valence-electron chi connectivity index (χ3n) is 3.85. The second kappa shape index (κ2) is 6.49. The van der Waals surface area contributed by atoms with Crippen LogP contribution in [0.25, 0.3) is 11.0 Å². The van der Waals surface area contributed by atoms with Crippen molar-refractivity contribution in [2.75, 3.05) is 5.43 Å². The lowest BCUT2D eigenvalue weighted by Crippen LogP contribution is -2.06. The van der Waals surface area contributed by atoms with Crippen LogP contribution >= 0.6 is 0 Å². The van der Waals surface area contributed by atoms with Crippen molar-refractivity contribution in [3.05, 3.63) is 90.0 Å². The molecule has 1 aromatic heterocycles. The molecule has 0 radical (unpaired) electrons. The van der Waals surface area contributed by atoms with E-state index >= 15 is 0 Å². The van der Waals surface area contributed by atoms with Crippen LogP contribution in [0.4, 0.5) is 5.95 Å². The van der Waals surface area contributed by atoms with E-state index in [0.29, 0.717) is 5.95 Å². The van der Waals surface area contributed by atoms with Gasteiger partial charge in [-0.15, -0.1) is 0 Å². The summed E-state index contributed by atoms with van der Waals surface area (Å²) in [5, 5.41) is 14.1. The highest BCUT2D eigenvalue weighted by molar-refractivity contribution is 6.13. The molecule has 0 bridgehead atoms. The number of fused-ring (bicyclic) bond motifs is 1. The van der Waals surface area contributed by atoms with Gasteiger partial charge in [0.15, 0.2) is 0 Å². The summed E-state index contributed by atoms with van der Waals surface area (Å²) in [5.41, 5.74) is 7.47. The Hall–Kier alpha value is -3.60. The van der Waals surface area contributed by atoms with Gasteiger partial charge in [0.25, 0.3) is 0 Å². The number of aromatic nitrogens is 2. The quantitative estimate of drug-likeness (QED) is 0.389. The summed E-state index contributed by atoms with van der Waals surface area (Å²) in [7, 11) is 0. The number of nitrogens with zero attached hydrogens (tertiary/aromatic N) is 2. The van der Waals surface area contributed by atoms with Gasteiger partial charge in [-0.05, 0) is 36.4 Å². The molecule has 122 valence electrons. The fraction of sp³-hybridized carbons (Fsp3) is 0. The number of hydrogen-bond acceptors (Lipinski definition) is 4. The van der Waals surface area contributed by atoms with Crippen LogP contribution in [0, 0.1) is 0 Å². The molecular formula is C20H16N4O. The zero-order valence-electron chi connectivity index (χ0n) is 13.3. The highest BCUT2D eigenvalue weighted by atomic mass is 16.3. The number of para-hydroxylation sites is 2. The smallest absolute Gasteiger partial charge is 0.222 e. The molecule has 3 aromatic carbocycles. The van der Waals surface area contributed by atoms with Gasteiger partial charge in [-0.25, -0.2) is 10.4 Å². The number of aromatic hydroxyl groups is 1. The lowest BCUT2D eigenvalue weighted by atomic mass is 10.0. The Bertz CT molecular complexity index is 987. The molecule has 0 fully saturated rings. The molecule has 0 amide bonds. The van der Waals surface area contributed by atoms with Gasteiger partial charge >= 0.3 is 0 Å². The second-order valence-corrected chi connectivity index (χ2v) is 5.59. The fourth-order valence-electron chi connectivity index (χ4n) is 2.63. The monoisotopic (exact) mass is 328 g/mol. The predicted molar refractivity (Wildman–Crippen MR) is 99.9 cm³/mol. The molecule has 25 heavy (non-hydrogen) atoms. The van der Waals surface area contributed by atoms with Crippen LogP contribution in [0.15, 0.2) is 84.0 Å². The maximum Gasteiger partial charge on any atom is 0.222 e. The fourth-order valence-corrected chi connectivity index (χ4v) is 2.63. The molecule has 4 aromatic rings. The van der Waals surface area contributed by atoms with Crippen LogP contribution in [0.2, 0.25) is 0 Å². The number of nitrogens with one attached hydrogen (secondary N) is 2. The predicted octanol–water partition coefficient (Wildman–Crippen LogP) is 4.13. The second-order valence-electron chi connectivity index (χ2n) is 5.59. The third kappa shape index (κ3) is 3.21. The Balaban J connectivity index is 1.72.